The van der Waals surface area contributed by atoms with E-state index >= 15 is 0 Å². The second-order valence-corrected chi connectivity index (χ2v) is 5.20. The third-order valence-corrected chi connectivity index (χ3v) is 3.20. The highest BCUT2D eigenvalue weighted by molar-refractivity contribution is 7.86. The van der Waals surface area contributed by atoms with Crippen LogP contribution in [0, 0.1) is 12.2 Å². The Morgan fingerprint density at radius 2 is 1.82 bits per heavy atom. The third kappa shape index (κ3) is 3.87. The lowest BCUT2D eigenvalue weighted by Gasteiger charge is -2.07. The summed E-state index contributed by atoms with van der Waals surface area (Å²) in [6.45, 7) is 0. The molecule has 0 atom stereocenters. The summed E-state index contributed by atoms with van der Waals surface area (Å²) in [5, 5.41) is 5.72. The molecule has 2 aromatic rings. The predicted molar refractivity (Wildman–Crippen MR) is 69.7 cm³/mol. The van der Waals surface area contributed by atoms with Gasteiger partial charge in [-0.25, -0.2) is 0 Å². The molecule has 0 radical (unpaired) electrons. The van der Waals surface area contributed by atoms with Crippen LogP contribution in [0.15, 0.2) is 32.8 Å². The van der Waals surface area contributed by atoms with Gasteiger partial charge in [0.25, 0.3) is 10.1 Å². The first-order chi connectivity index (χ1) is 10.3. The van der Waals surface area contributed by atoms with E-state index in [1.807, 2.05) is 0 Å². The van der Waals surface area contributed by atoms with Crippen LogP contribution >= 0.6 is 11.8 Å². The number of hydrogen-bond donors (Lipinski definition) is 2. The highest BCUT2D eigenvalue weighted by Gasteiger charge is 2.16. The van der Waals surface area contributed by atoms with Gasteiger partial charge in [0.05, 0.1) is 11.8 Å². The Morgan fingerprint density at radius 1 is 1.18 bits per heavy atom. The molecule has 0 spiro atoms. The molecule has 1 heterocycles. The Kier molecular flexibility index (Phi) is 4.54. The Balaban J connectivity index is 2.43. The summed E-state index contributed by atoms with van der Waals surface area (Å²) in [5.41, 5.74) is -0.200. The van der Waals surface area contributed by atoms with Gasteiger partial charge in [-0.2, -0.15) is 32.2 Å². The summed E-state index contributed by atoms with van der Waals surface area (Å²) in [4.78, 5) is 8.53. The highest BCUT2D eigenvalue weighted by atomic mass is 35.5. The van der Waals surface area contributed by atoms with Crippen molar-refractivity contribution < 1.29 is 21.8 Å². The molecule has 2 rings (SSSR count). The van der Waals surface area contributed by atoms with Crippen LogP contribution in [0.5, 0.6) is 0 Å². The number of hydrogen-bond acceptors (Lipinski definition) is 8. The van der Waals surface area contributed by atoms with E-state index in [0.29, 0.717) is 0 Å². The summed E-state index contributed by atoms with van der Waals surface area (Å²) >= 11 is 5.04. The molecule has 0 aliphatic rings. The SMILES string of the molecule is O=S(=O)(O)c1ccc(Nc2nc(F)nc(F)n2)cc1/N=N/Cl. The quantitative estimate of drug-likeness (QED) is 0.639. The van der Waals surface area contributed by atoms with E-state index in [0.717, 1.165) is 12.1 Å². The smallest absolute Gasteiger partial charge is 0.315 e. The largest absolute Gasteiger partial charge is 0.324 e. The van der Waals surface area contributed by atoms with Gasteiger partial charge in [-0.3, -0.25) is 4.55 Å². The van der Waals surface area contributed by atoms with E-state index in [2.05, 4.69) is 30.0 Å². The van der Waals surface area contributed by atoms with Gasteiger partial charge in [-0.1, -0.05) is 4.63 Å². The van der Waals surface area contributed by atoms with Crippen LogP contribution in [-0.2, 0) is 10.1 Å². The molecule has 0 bridgehead atoms. The van der Waals surface area contributed by atoms with Crippen LogP contribution in [0.25, 0.3) is 0 Å². The van der Waals surface area contributed by atoms with Crippen LogP contribution in [0.2, 0.25) is 0 Å². The Bertz CT molecular complexity index is 827. The van der Waals surface area contributed by atoms with Gasteiger partial charge in [-0.05, 0) is 18.2 Å². The van der Waals surface area contributed by atoms with Crippen molar-refractivity contribution in [2.75, 3.05) is 5.32 Å². The fourth-order valence-electron chi connectivity index (χ4n) is 1.44. The van der Waals surface area contributed by atoms with Crippen molar-refractivity contribution in [3.63, 3.8) is 0 Å². The minimum absolute atomic E-state index is 0.108. The molecule has 0 aliphatic carbocycles. The second kappa shape index (κ2) is 6.21. The number of benzene rings is 1. The first-order valence-electron chi connectivity index (χ1n) is 5.27. The molecule has 0 amide bonds. The van der Waals surface area contributed by atoms with Gasteiger partial charge < -0.3 is 5.32 Å². The zero-order chi connectivity index (χ0) is 16.3. The minimum atomic E-state index is -4.56. The van der Waals surface area contributed by atoms with E-state index in [1.165, 1.54) is 6.07 Å². The summed E-state index contributed by atoms with van der Waals surface area (Å²) in [6.07, 6.45) is -2.68. The van der Waals surface area contributed by atoms with Crippen molar-refractivity contribution in [3.05, 3.63) is 30.4 Å². The lowest BCUT2D eigenvalue weighted by atomic mass is 10.3. The average molecular weight is 351 g/mol. The summed E-state index contributed by atoms with van der Waals surface area (Å²) in [5.74, 6) is -0.460. The number of nitrogens with one attached hydrogen (secondary N) is 1. The molecule has 0 unspecified atom stereocenters. The monoisotopic (exact) mass is 350 g/mol. The topological polar surface area (TPSA) is 130 Å². The second-order valence-electron chi connectivity index (χ2n) is 3.66. The maximum absolute atomic E-state index is 12.8. The van der Waals surface area contributed by atoms with Crippen LogP contribution < -0.4 is 5.32 Å². The lowest BCUT2D eigenvalue weighted by molar-refractivity contribution is 0.458. The minimum Gasteiger partial charge on any atom is -0.324 e. The number of nitrogens with zero attached hydrogens (tertiary/aromatic N) is 5. The lowest BCUT2D eigenvalue weighted by Crippen LogP contribution is -2.04. The van der Waals surface area contributed by atoms with Gasteiger partial charge in [-0.15, -0.1) is 5.11 Å². The summed E-state index contributed by atoms with van der Waals surface area (Å²) < 4.78 is 59.9. The standard InChI is InChI=1S/C9H5ClF2N6O3S/c10-18-17-5-3-4(1-2-6(5)22(19,20)21)13-9-15-7(11)14-8(12)16-9/h1-3H,(H,19,20,21)(H,13,14,15,16)/b18-17+. The number of anilines is 2. The molecule has 1 aromatic heterocycles. The molecule has 22 heavy (non-hydrogen) atoms. The molecule has 0 fully saturated rings. The van der Waals surface area contributed by atoms with Crippen molar-refractivity contribution in [2.24, 2.45) is 9.75 Å². The van der Waals surface area contributed by atoms with E-state index < -0.39 is 33.1 Å². The fraction of sp³-hybridized carbons (Fsp3) is 0. The number of aromatic nitrogens is 3. The molecular weight excluding hydrogens is 346 g/mol. The van der Waals surface area contributed by atoms with Crippen LogP contribution in [0.1, 0.15) is 0 Å². The zero-order valence-electron chi connectivity index (χ0n) is 10.3. The summed E-state index contributed by atoms with van der Waals surface area (Å²) in [7, 11) is -4.56. The van der Waals surface area contributed by atoms with Crippen molar-refractivity contribution in [3.8, 4) is 0 Å². The van der Waals surface area contributed by atoms with Crippen molar-refractivity contribution >= 4 is 39.2 Å². The first-order valence-corrected chi connectivity index (χ1v) is 7.05. The number of halogens is 3. The van der Waals surface area contributed by atoms with Gasteiger partial charge in [0.2, 0.25) is 5.95 Å². The molecule has 9 nitrogen and oxygen atoms in total. The van der Waals surface area contributed by atoms with Gasteiger partial charge >= 0.3 is 12.2 Å². The van der Waals surface area contributed by atoms with Crippen molar-refractivity contribution in [1.29, 1.82) is 0 Å². The third-order valence-electron chi connectivity index (χ3n) is 2.22. The maximum atomic E-state index is 12.8. The molecule has 116 valence electrons. The van der Waals surface area contributed by atoms with Crippen molar-refractivity contribution in [1.82, 2.24) is 15.0 Å². The molecule has 2 N–H and O–H groups in total. The Morgan fingerprint density at radius 3 is 2.36 bits per heavy atom. The van der Waals surface area contributed by atoms with Crippen LogP contribution in [0.4, 0.5) is 26.1 Å². The van der Waals surface area contributed by atoms with Gasteiger partial charge in [0.1, 0.15) is 10.6 Å². The van der Waals surface area contributed by atoms with E-state index in [-0.39, 0.29) is 11.4 Å². The van der Waals surface area contributed by atoms with E-state index in [1.54, 1.807) is 0 Å². The Labute approximate surface area is 127 Å². The van der Waals surface area contributed by atoms with Crippen LogP contribution in [-0.4, -0.2) is 27.9 Å². The van der Waals surface area contributed by atoms with Crippen molar-refractivity contribution in [2.45, 2.75) is 4.90 Å². The molecule has 1 aromatic carbocycles. The molecular formula is C9H5ClF2N6O3S. The van der Waals surface area contributed by atoms with Crippen LogP contribution in [0.3, 0.4) is 0 Å². The van der Waals surface area contributed by atoms with Gasteiger partial charge in [0.15, 0.2) is 0 Å². The predicted octanol–water partition coefficient (Wildman–Crippen LogP) is 2.38. The maximum Gasteiger partial charge on any atom is 0.315 e. The zero-order valence-corrected chi connectivity index (χ0v) is 11.8. The average Bonchev–Trinajstić information content (AvgIpc) is 2.36. The summed E-state index contributed by atoms with van der Waals surface area (Å²) in [6, 6.07) is 3.25. The molecule has 0 aliphatic heterocycles. The molecule has 0 saturated heterocycles. The fourth-order valence-corrected chi connectivity index (χ4v) is 2.13. The first kappa shape index (κ1) is 16.1. The molecule has 13 heteroatoms. The molecule has 0 saturated carbocycles. The van der Waals surface area contributed by atoms with E-state index in [9.17, 15) is 17.2 Å². The number of rotatable bonds is 4. The normalized spacial score (nSPS) is 11.8. The van der Waals surface area contributed by atoms with Gasteiger partial charge in [0, 0.05) is 5.69 Å². The van der Waals surface area contributed by atoms with E-state index in [4.69, 9.17) is 16.3 Å². The highest BCUT2D eigenvalue weighted by Crippen LogP contribution is 2.29. The Hall–Kier alpha value is -2.31.